The van der Waals surface area contributed by atoms with Crippen molar-refractivity contribution in [3.05, 3.63) is 29.3 Å². The van der Waals surface area contributed by atoms with Crippen LogP contribution in [-0.2, 0) is 14.3 Å². The van der Waals surface area contributed by atoms with Gasteiger partial charge in [-0.05, 0) is 31.0 Å². The van der Waals surface area contributed by atoms with Crippen LogP contribution in [0.4, 0.5) is 5.69 Å². The minimum absolute atomic E-state index is 0.135. The number of ether oxygens (including phenoxy) is 1. The molecule has 1 aromatic carbocycles. The zero-order valence-corrected chi connectivity index (χ0v) is 9.32. The zero-order valence-electron chi connectivity index (χ0n) is 9.32. The smallest absolute Gasteiger partial charge is 0.333 e. The number of hydrogen-bond acceptors (Lipinski definition) is 4. The van der Waals surface area contributed by atoms with E-state index in [0.29, 0.717) is 0 Å². The summed E-state index contributed by atoms with van der Waals surface area (Å²) < 4.78 is 4.49. The summed E-state index contributed by atoms with van der Waals surface area (Å²) in [6.07, 6.45) is 0. The Balaban J connectivity index is 2.33. The average molecular weight is 219 g/mol. The van der Waals surface area contributed by atoms with Gasteiger partial charge in [0.05, 0.1) is 0 Å². The van der Waals surface area contributed by atoms with E-state index in [0.717, 1.165) is 16.8 Å². The van der Waals surface area contributed by atoms with Crippen LogP contribution in [0.3, 0.4) is 0 Å². The molecule has 4 nitrogen and oxygen atoms in total. The number of rotatable bonds is 1. The van der Waals surface area contributed by atoms with Gasteiger partial charge in [-0.3, -0.25) is 0 Å². The third-order valence-electron chi connectivity index (χ3n) is 2.78. The third-order valence-corrected chi connectivity index (χ3v) is 2.78. The number of benzene rings is 1. The van der Waals surface area contributed by atoms with E-state index in [9.17, 15) is 9.59 Å². The molecule has 1 aliphatic rings. The van der Waals surface area contributed by atoms with Crippen LogP contribution < -0.4 is 4.90 Å². The molecule has 0 atom stereocenters. The molecule has 0 spiro atoms. The molecule has 0 radical (unpaired) electrons. The van der Waals surface area contributed by atoms with Crippen LogP contribution >= 0.6 is 0 Å². The summed E-state index contributed by atoms with van der Waals surface area (Å²) in [4.78, 5) is 24.1. The molecular formula is C12H13NO3. The maximum Gasteiger partial charge on any atom is 0.333 e. The van der Waals surface area contributed by atoms with Crippen LogP contribution in [0.1, 0.15) is 11.1 Å². The first-order valence-electron chi connectivity index (χ1n) is 5.12. The molecule has 0 unspecified atom stereocenters. The normalized spacial score (nSPS) is 16.2. The van der Waals surface area contributed by atoms with Crippen LogP contribution in [-0.4, -0.2) is 25.0 Å². The topological polar surface area (TPSA) is 46.6 Å². The third kappa shape index (κ3) is 1.91. The molecule has 0 N–H and O–H groups in total. The Labute approximate surface area is 93.8 Å². The molecule has 2 rings (SSSR count). The van der Waals surface area contributed by atoms with Crippen LogP contribution in [0.5, 0.6) is 0 Å². The lowest BCUT2D eigenvalue weighted by molar-refractivity contribution is -0.160. The molecule has 4 heteroatoms. The van der Waals surface area contributed by atoms with Gasteiger partial charge in [-0.15, -0.1) is 0 Å². The number of anilines is 1. The van der Waals surface area contributed by atoms with Crippen molar-refractivity contribution < 1.29 is 14.3 Å². The van der Waals surface area contributed by atoms with Crippen molar-refractivity contribution in [1.82, 2.24) is 0 Å². The fraction of sp³-hybridized carbons (Fsp3) is 0.333. The Hall–Kier alpha value is -1.84. The van der Waals surface area contributed by atoms with E-state index in [1.54, 1.807) is 4.90 Å². The molecule has 0 amide bonds. The quantitative estimate of drug-likeness (QED) is 0.526. The summed E-state index contributed by atoms with van der Waals surface area (Å²) in [5.41, 5.74) is 3.15. The second kappa shape index (κ2) is 3.96. The van der Waals surface area contributed by atoms with E-state index >= 15 is 0 Å². The Morgan fingerprint density at radius 3 is 2.38 bits per heavy atom. The number of cyclic esters (lactones) is 2. The molecule has 84 valence electrons. The first-order chi connectivity index (χ1) is 7.58. The van der Waals surface area contributed by atoms with Crippen molar-refractivity contribution in [2.75, 3.05) is 18.0 Å². The van der Waals surface area contributed by atoms with Gasteiger partial charge in [-0.25, -0.2) is 9.59 Å². The first-order valence-corrected chi connectivity index (χ1v) is 5.12. The molecule has 0 bridgehead atoms. The molecule has 1 fully saturated rings. The second-order valence-corrected chi connectivity index (χ2v) is 3.92. The first kappa shape index (κ1) is 10.7. The number of hydrogen-bond donors (Lipinski definition) is 0. The highest BCUT2D eigenvalue weighted by Gasteiger charge is 2.25. The van der Waals surface area contributed by atoms with Crippen molar-refractivity contribution in [3.8, 4) is 0 Å². The minimum Gasteiger partial charge on any atom is -0.390 e. The molecule has 0 aliphatic carbocycles. The Bertz CT molecular complexity index is 438. The summed E-state index contributed by atoms with van der Waals surface area (Å²) in [7, 11) is 0. The summed E-state index contributed by atoms with van der Waals surface area (Å²) in [5, 5.41) is 0. The van der Waals surface area contributed by atoms with Crippen LogP contribution in [0.2, 0.25) is 0 Å². The lowest BCUT2D eigenvalue weighted by Gasteiger charge is -2.28. The molecule has 0 saturated carbocycles. The van der Waals surface area contributed by atoms with Crippen LogP contribution in [0, 0.1) is 13.8 Å². The van der Waals surface area contributed by atoms with Crippen molar-refractivity contribution in [2.45, 2.75) is 13.8 Å². The van der Waals surface area contributed by atoms with Crippen molar-refractivity contribution in [2.24, 2.45) is 0 Å². The number of esters is 2. The maximum atomic E-state index is 11.2. The van der Waals surface area contributed by atoms with Crippen LogP contribution in [0.15, 0.2) is 18.2 Å². The Morgan fingerprint density at radius 1 is 1.12 bits per heavy atom. The van der Waals surface area contributed by atoms with Crippen molar-refractivity contribution in [1.29, 1.82) is 0 Å². The van der Waals surface area contributed by atoms with Crippen LogP contribution in [0.25, 0.3) is 0 Å². The molecule has 16 heavy (non-hydrogen) atoms. The molecular weight excluding hydrogens is 206 g/mol. The van der Waals surface area contributed by atoms with Gasteiger partial charge in [-0.2, -0.15) is 0 Å². The standard InChI is InChI=1S/C12H13NO3/c1-8-4-3-5-10(9(8)2)13-6-11(14)16-12(15)7-13/h3-5H,6-7H2,1-2H3. The number of carbonyl (C=O) groups excluding carboxylic acids is 2. The van der Waals surface area contributed by atoms with E-state index < -0.39 is 11.9 Å². The Kier molecular flexibility index (Phi) is 2.64. The highest BCUT2D eigenvalue weighted by atomic mass is 16.6. The van der Waals surface area contributed by atoms with Crippen molar-refractivity contribution in [3.63, 3.8) is 0 Å². The van der Waals surface area contributed by atoms with Gasteiger partial charge in [0.2, 0.25) is 0 Å². The predicted octanol–water partition coefficient (Wildman–Crippen LogP) is 1.19. The second-order valence-electron chi connectivity index (χ2n) is 3.92. The predicted molar refractivity (Wildman–Crippen MR) is 59.2 cm³/mol. The number of aryl methyl sites for hydroxylation is 1. The maximum absolute atomic E-state index is 11.2. The van der Waals surface area contributed by atoms with E-state index in [1.165, 1.54) is 0 Å². The van der Waals surface area contributed by atoms with Gasteiger partial charge < -0.3 is 9.64 Å². The van der Waals surface area contributed by atoms with Gasteiger partial charge in [-0.1, -0.05) is 12.1 Å². The monoisotopic (exact) mass is 219 g/mol. The molecule has 1 saturated heterocycles. The lowest BCUT2D eigenvalue weighted by Crippen LogP contribution is -2.43. The number of carbonyl (C=O) groups is 2. The zero-order chi connectivity index (χ0) is 11.7. The summed E-state index contributed by atoms with van der Waals surface area (Å²) >= 11 is 0. The van der Waals surface area contributed by atoms with Gasteiger partial charge in [0, 0.05) is 5.69 Å². The van der Waals surface area contributed by atoms with Gasteiger partial charge >= 0.3 is 11.9 Å². The largest absolute Gasteiger partial charge is 0.390 e. The number of nitrogens with zero attached hydrogens (tertiary/aromatic N) is 1. The molecule has 1 heterocycles. The van der Waals surface area contributed by atoms with Gasteiger partial charge in [0.1, 0.15) is 13.1 Å². The summed E-state index contributed by atoms with van der Waals surface area (Å²) in [6.45, 7) is 4.25. The van der Waals surface area contributed by atoms with E-state index in [4.69, 9.17) is 0 Å². The average Bonchev–Trinajstić information content (AvgIpc) is 2.20. The molecule has 0 aromatic heterocycles. The highest BCUT2D eigenvalue weighted by molar-refractivity contribution is 5.94. The van der Waals surface area contributed by atoms with E-state index in [2.05, 4.69) is 4.74 Å². The fourth-order valence-corrected chi connectivity index (χ4v) is 1.81. The molecule has 1 aliphatic heterocycles. The van der Waals surface area contributed by atoms with E-state index in [1.807, 2.05) is 32.0 Å². The summed E-state index contributed by atoms with van der Waals surface area (Å²) in [5.74, 6) is -0.977. The Morgan fingerprint density at radius 2 is 1.75 bits per heavy atom. The summed E-state index contributed by atoms with van der Waals surface area (Å²) in [6, 6.07) is 5.83. The lowest BCUT2D eigenvalue weighted by atomic mass is 10.1. The van der Waals surface area contributed by atoms with Gasteiger partial charge in [0.25, 0.3) is 0 Å². The number of morpholine rings is 1. The highest BCUT2D eigenvalue weighted by Crippen LogP contribution is 2.23. The molecule has 1 aromatic rings. The SMILES string of the molecule is Cc1cccc(N2CC(=O)OC(=O)C2)c1C. The minimum atomic E-state index is -0.489. The van der Waals surface area contributed by atoms with E-state index in [-0.39, 0.29) is 13.1 Å². The van der Waals surface area contributed by atoms with Gasteiger partial charge in [0.15, 0.2) is 0 Å². The fourth-order valence-electron chi connectivity index (χ4n) is 1.81. The van der Waals surface area contributed by atoms with Crippen molar-refractivity contribution >= 4 is 17.6 Å².